The van der Waals surface area contributed by atoms with Crippen molar-refractivity contribution in [1.29, 1.82) is 0 Å². The summed E-state index contributed by atoms with van der Waals surface area (Å²) in [5.41, 5.74) is 0. The van der Waals surface area contributed by atoms with E-state index in [1.807, 2.05) is 13.8 Å². The van der Waals surface area contributed by atoms with Crippen LogP contribution in [-0.4, -0.2) is 18.0 Å². The smallest absolute Gasteiger partial charge is 0.311 e. The van der Waals surface area contributed by atoms with Gasteiger partial charge in [0.1, 0.15) is 11.1 Å². The van der Waals surface area contributed by atoms with Crippen LogP contribution in [-0.2, 0) is 14.3 Å². The Morgan fingerprint density at radius 2 is 1.71 bits per heavy atom. The van der Waals surface area contributed by atoms with Gasteiger partial charge in [0.2, 0.25) is 0 Å². The molecule has 0 unspecified atom stereocenters. The van der Waals surface area contributed by atoms with Gasteiger partial charge in [-0.3, -0.25) is 9.59 Å². The van der Waals surface area contributed by atoms with Crippen LogP contribution in [0, 0.1) is 0 Å². The SMILES string of the molecule is CCC(CC)OC(=O)CCC(=O)Oc1cccc(Cl)c1Cl. The lowest BCUT2D eigenvalue weighted by molar-refractivity contribution is -0.151. The predicted molar refractivity (Wildman–Crippen MR) is 81.8 cm³/mol. The molecule has 0 saturated heterocycles. The van der Waals surface area contributed by atoms with Gasteiger partial charge in [-0.2, -0.15) is 0 Å². The Morgan fingerprint density at radius 1 is 1.10 bits per heavy atom. The molecule has 0 aliphatic carbocycles. The molecule has 0 fully saturated rings. The third kappa shape index (κ3) is 5.94. The first-order chi connectivity index (χ1) is 9.97. The Balaban J connectivity index is 2.44. The number of esters is 2. The van der Waals surface area contributed by atoms with E-state index in [4.69, 9.17) is 32.7 Å². The standard InChI is InChI=1S/C15H18Cl2O4/c1-3-10(4-2)20-13(18)8-9-14(19)21-12-7-5-6-11(16)15(12)17/h5-7,10H,3-4,8-9H2,1-2H3. The molecule has 1 aromatic carbocycles. The quantitative estimate of drug-likeness (QED) is 0.548. The zero-order valence-corrected chi connectivity index (χ0v) is 13.5. The van der Waals surface area contributed by atoms with E-state index in [0.717, 1.165) is 12.8 Å². The maximum Gasteiger partial charge on any atom is 0.311 e. The molecule has 0 atom stereocenters. The minimum Gasteiger partial charge on any atom is -0.462 e. The molecular formula is C15H18Cl2O4. The summed E-state index contributed by atoms with van der Waals surface area (Å²) >= 11 is 11.7. The van der Waals surface area contributed by atoms with Crippen LogP contribution < -0.4 is 4.74 Å². The van der Waals surface area contributed by atoms with Crippen LogP contribution in [0.25, 0.3) is 0 Å². The molecule has 0 bridgehead atoms. The monoisotopic (exact) mass is 332 g/mol. The fraction of sp³-hybridized carbons (Fsp3) is 0.467. The van der Waals surface area contributed by atoms with Crippen molar-refractivity contribution < 1.29 is 19.1 Å². The molecule has 0 aromatic heterocycles. The average Bonchev–Trinajstić information content (AvgIpc) is 2.47. The molecule has 1 rings (SSSR count). The Morgan fingerprint density at radius 3 is 2.33 bits per heavy atom. The Bertz CT molecular complexity index is 498. The van der Waals surface area contributed by atoms with E-state index in [1.165, 1.54) is 6.07 Å². The third-order valence-corrected chi connectivity index (χ3v) is 3.68. The summed E-state index contributed by atoms with van der Waals surface area (Å²) in [4.78, 5) is 23.2. The van der Waals surface area contributed by atoms with Gasteiger partial charge in [0.25, 0.3) is 0 Å². The summed E-state index contributed by atoms with van der Waals surface area (Å²) in [6, 6.07) is 4.75. The summed E-state index contributed by atoms with van der Waals surface area (Å²) in [5, 5.41) is 0.474. The van der Waals surface area contributed by atoms with Gasteiger partial charge in [-0.15, -0.1) is 0 Å². The van der Waals surface area contributed by atoms with E-state index in [2.05, 4.69) is 0 Å². The number of hydrogen-bond donors (Lipinski definition) is 0. The minimum absolute atomic E-state index is 0.0203. The van der Waals surface area contributed by atoms with Gasteiger partial charge in [0.15, 0.2) is 5.75 Å². The topological polar surface area (TPSA) is 52.6 Å². The molecule has 0 saturated carbocycles. The summed E-state index contributed by atoms with van der Waals surface area (Å²) in [5.74, 6) is -0.777. The van der Waals surface area contributed by atoms with Crippen molar-refractivity contribution in [2.24, 2.45) is 0 Å². The normalized spacial score (nSPS) is 10.5. The molecule has 0 aliphatic rings. The first kappa shape index (κ1) is 17.8. The van der Waals surface area contributed by atoms with E-state index in [1.54, 1.807) is 12.1 Å². The highest BCUT2D eigenvalue weighted by Crippen LogP contribution is 2.31. The highest BCUT2D eigenvalue weighted by Gasteiger charge is 2.15. The van der Waals surface area contributed by atoms with E-state index in [-0.39, 0.29) is 29.7 Å². The molecule has 1 aromatic rings. The third-order valence-electron chi connectivity index (χ3n) is 2.88. The van der Waals surface area contributed by atoms with Crippen LogP contribution in [0.5, 0.6) is 5.75 Å². The van der Waals surface area contributed by atoms with E-state index in [9.17, 15) is 9.59 Å². The number of carbonyl (C=O) groups is 2. The van der Waals surface area contributed by atoms with Crippen LogP contribution in [0.15, 0.2) is 18.2 Å². The molecular weight excluding hydrogens is 315 g/mol. The van der Waals surface area contributed by atoms with Gasteiger partial charge in [-0.05, 0) is 25.0 Å². The number of halogens is 2. The molecule has 0 aliphatic heterocycles. The van der Waals surface area contributed by atoms with Gasteiger partial charge in [0, 0.05) is 0 Å². The van der Waals surface area contributed by atoms with Gasteiger partial charge in [-0.1, -0.05) is 43.1 Å². The lowest BCUT2D eigenvalue weighted by atomic mass is 10.2. The second kappa shape index (κ2) is 8.90. The summed E-state index contributed by atoms with van der Waals surface area (Å²) in [7, 11) is 0. The molecule has 21 heavy (non-hydrogen) atoms. The van der Waals surface area contributed by atoms with Crippen molar-refractivity contribution in [1.82, 2.24) is 0 Å². The first-order valence-electron chi connectivity index (χ1n) is 6.82. The summed E-state index contributed by atoms with van der Waals surface area (Å²) in [6.45, 7) is 3.88. The van der Waals surface area contributed by atoms with Crippen molar-refractivity contribution in [2.75, 3.05) is 0 Å². The molecule has 0 amide bonds. The van der Waals surface area contributed by atoms with Crippen LogP contribution >= 0.6 is 23.2 Å². The molecule has 0 N–H and O–H groups in total. The van der Waals surface area contributed by atoms with E-state index >= 15 is 0 Å². The summed E-state index contributed by atoms with van der Waals surface area (Å²) < 4.78 is 10.3. The van der Waals surface area contributed by atoms with Crippen molar-refractivity contribution in [3.63, 3.8) is 0 Å². The van der Waals surface area contributed by atoms with E-state index < -0.39 is 11.9 Å². The van der Waals surface area contributed by atoms with Crippen LogP contribution in [0.4, 0.5) is 0 Å². The number of ether oxygens (including phenoxy) is 2. The lowest BCUT2D eigenvalue weighted by Gasteiger charge is -2.13. The highest BCUT2D eigenvalue weighted by atomic mass is 35.5. The molecule has 4 nitrogen and oxygen atoms in total. The highest BCUT2D eigenvalue weighted by molar-refractivity contribution is 6.43. The zero-order chi connectivity index (χ0) is 15.8. The maximum atomic E-state index is 11.7. The largest absolute Gasteiger partial charge is 0.462 e. The van der Waals surface area contributed by atoms with Gasteiger partial charge >= 0.3 is 11.9 Å². The lowest BCUT2D eigenvalue weighted by Crippen LogP contribution is -2.18. The Labute approximate surface area is 134 Å². The molecule has 0 heterocycles. The van der Waals surface area contributed by atoms with Crippen molar-refractivity contribution in [3.8, 4) is 5.75 Å². The van der Waals surface area contributed by atoms with Crippen LogP contribution in [0.3, 0.4) is 0 Å². The van der Waals surface area contributed by atoms with Crippen LogP contribution in [0.2, 0.25) is 10.0 Å². The van der Waals surface area contributed by atoms with Crippen LogP contribution in [0.1, 0.15) is 39.5 Å². The zero-order valence-electron chi connectivity index (χ0n) is 12.0. The van der Waals surface area contributed by atoms with Crippen molar-refractivity contribution in [3.05, 3.63) is 28.2 Å². The van der Waals surface area contributed by atoms with Gasteiger partial charge in [0.05, 0.1) is 17.9 Å². The average molecular weight is 333 g/mol. The molecule has 0 radical (unpaired) electrons. The van der Waals surface area contributed by atoms with Crippen molar-refractivity contribution in [2.45, 2.75) is 45.6 Å². The Hall–Kier alpha value is -1.26. The molecule has 116 valence electrons. The molecule has 6 heteroatoms. The van der Waals surface area contributed by atoms with E-state index in [0.29, 0.717) is 5.02 Å². The van der Waals surface area contributed by atoms with Crippen molar-refractivity contribution >= 4 is 35.1 Å². The second-order valence-corrected chi connectivity index (χ2v) is 5.24. The molecule has 0 spiro atoms. The first-order valence-corrected chi connectivity index (χ1v) is 7.57. The Kier molecular flexibility index (Phi) is 7.54. The van der Waals surface area contributed by atoms with Gasteiger partial charge in [-0.25, -0.2) is 0 Å². The van der Waals surface area contributed by atoms with Gasteiger partial charge < -0.3 is 9.47 Å². The number of benzene rings is 1. The maximum absolute atomic E-state index is 11.7. The number of hydrogen-bond acceptors (Lipinski definition) is 4. The predicted octanol–water partition coefficient (Wildman–Crippen LogP) is 4.41. The second-order valence-electron chi connectivity index (χ2n) is 4.45. The fourth-order valence-electron chi connectivity index (χ4n) is 1.64. The number of rotatable bonds is 7. The summed E-state index contributed by atoms with van der Waals surface area (Å²) in [6.07, 6.45) is 1.32. The minimum atomic E-state index is -0.555. The number of carbonyl (C=O) groups excluding carboxylic acids is 2. The fourth-order valence-corrected chi connectivity index (χ4v) is 1.97.